The molecule has 1 unspecified atom stereocenters. The molecule has 0 aliphatic heterocycles. The lowest BCUT2D eigenvalue weighted by Crippen LogP contribution is -2.28. The van der Waals surface area contributed by atoms with Gasteiger partial charge in [-0.3, -0.25) is 9.59 Å². The van der Waals surface area contributed by atoms with E-state index in [4.69, 9.17) is 4.74 Å². The van der Waals surface area contributed by atoms with Gasteiger partial charge in [-0.05, 0) is 48.9 Å². The molecule has 0 aliphatic rings. The van der Waals surface area contributed by atoms with Gasteiger partial charge in [0, 0.05) is 35.2 Å². The van der Waals surface area contributed by atoms with Gasteiger partial charge in [0.05, 0.1) is 12.8 Å². The van der Waals surface area contributed by atoms with Crippen molar-refractivity contribution < 1.29 is 14.3 Å². The van der Waals surface area contributed by atoms with E-state index < -0.39 is 0 Å². The van der Waals surface area contributed by atoms with Gasteiger partial charge in [-0.2, -0.15) is 12.6 Å². The second kappa shape index (κ2) is 16.1. The number of ether oxygens (including phenoxy) is 1. The summed E-state index contributed by atoms with van der Waals surface area (Å²) in [5, 5.41) is 9.16. The van der Waals surface area contributed by atoms with Gasteiger partial charge in [0.15, 0.2) is 0 Å². The fraction of sp³-hybridized carbons (Fsp3) is 0.500. The van der Waals surface area contributed by atoms with Crippen molar-refractivity contribution in [2.75, 3.05) is 30.8 Å². The number of benzene rings is 2. The molecule has 0 fully saturated rings. The summed E-state index contributed by atoms with van der Waals surface area (Å²) >= 11 is 4.28. The third-order valence-electron chi connectivity index (χ3n) is 5.77. The first kappa shape index (κ1) is 28.6. The van der Waals surface area contributed by atoms with E-state index in [0.29, 0.717) is 29.1 Å². The van der Waals surface area contributed by atoms with Crippen LogP contribution >= 0.6 is 12.6 Å². The van der Waals surface area contributed by atoms with Crippen LogP contribution in [0.4, 0.5) is 11.4 Å². The number of hydrogen-bond acceptors (Lipinski definition) is 5. The second-order valence-electron chi connectivity index (χ2n) is 8.91. The molecule has 0 radical (unpaired) electrons. The van der Waals surface area contributed by atoms with E-state index in [2.05, 4.69) is 35.5 Å². The highest BCUT2D eigenvalue weighted by Gasteiger charge is 2.14. The van der Waals surface area contributed by atoms with Crippen molar-refractivity contribution in [2.24, 2.45) is 0 Å². The van der Waals surface area contributed by atoms with Gasteiger partial charge >= 0.3 is 0 Å². The third-order valence-corrected chi connectivity index (χ3v) is 5.96. The average molecular weight is 500 g/mol. The molecule has 6 nitrogen and oxygen atoms in total. The molecule has 0 heterocycles. The molecule has 0 aromatic heterocycles. The highest BCUT2D eigenvalue weighted by molar-refractivity contribution is 7.80. The van der Waals surface area contributed by atoms with Crippen LogP contribution in [0.3, 0.4) is 0 Å². The topological polar surface area (TPSA) is 79.5 Å². The van der Waals surface area contributed by atoms with Crippen LogP contribution in [0.1, 0.15) is 85.9 Å². The Labute approximate surface area is 216 Å². The molecule has 0 saturated carbocycles. The number of amides is 2. The van der Waals surface area contributed by atoms with Crippen LogP contribution < -0.4 is 20.7 Å². The fourth-order valence-electron chi connectivity index (χ4n) is 3.71. The molecule has 0 aliphatic carbocycles. The van der Waals surface area contributed by atoms with Crippen LogP contribution in [-0.4, -0.2) is 37.3 Å². The molecular weight excluding hydrogens is 458 g/mol. The lowest BCUT2D eigenvalue weighted by molar-refractivity contribution is 0.0952. The number of rotatable bonds is 16. The molecule has 192 valence electrons. The summed E-state index contributed by atoms with van der Waals surface area (Å²) in [6.07, 6.45) is 10.4. The Kier molecular flexibility index (Phi) is 13.1. The zero-order valence-corrected chi connectivity index (χ0v) is 22.3. The van der Waals surface area contributed by atoms with Crippen LogP contribution in [0.2, 0.25) is 0 Å². The molecular formula is C28H41N3O3S. The van der Waals surface area contributed by atoms with Crippen LogP contribution in [0.15, 0.2) is 42.5 Å². The van der Waals surface area contributed by atoms with Crippen LogP contribution in [0, 0.1) is 0 Å². The van der Waals surface area contributed by atoms with Crippen molar-refractivity contribution in [1.82, 2.24) is 5.32 Å². The van der Waals surface area contributed by atoms with E-state index in [-0.39, 0.29) is 17.1 Å². The van der Waals surface area contributed by atoms with Gasteiger partial charge in [0.2, 0.25) is 0 Å². The Bertz CT molecular complexity index is 916. The number of anilines is 2. The number of carbonyl (C=O) groups is 2. The molecule has 35 heavy (non-hydrogen) atoms. The Morgan fingerprint density at radius 2 is 1.51 bits per heavy atom. The Morgan fingerprint density at radius 1 is 0.886 bits per heavy atom. The minimum atomic E-state index is -0.264. The lowest BCUT2D eigenvalue weighted by Gasteiger charge is -2.13. The molecule has 7 heteroatoms. The minimum Gasteiger partial charge on any atom is -0.495 e. The number of nitrogens with one attached hydrogen (secondary N) is 3. The number of carbonyl (C=O) groups excluding carboxylic acids is 2. The molecule has 1 atom stereocenters. The molecule has 2 rings (SSSR count). The second-order valence-corrected chi connectivity index (χ2v) is 9.79. The summed E-state index contributed by atoms with van der Waals surface area (Å²) < 4.78 is 5.36. The van der Waals surface area contributed by atoms with Crippen LogP contribution in [0.25, 0.3) is 0 Å². The highest BCUT2D eigenvalue weighted by Crippen LogP contribution is 2.26. The highest BCUT2D eigenvalue weighted by atomic mass is 32.1. The van der Waals surface area contributed by atoms with Gasteiger partial charge in [-0.25, -0.2) is 0 Å². The molecule has 2 aromatic carbocycles. The number of methoxy groups -OCH3 is 1. The van der Waals surface area contributed by atoms with Crippen LogP contribution in [0.5, 0.6) is 5.75 Å². The van der Waals surface area contributed by atoms with Gasteiger partial charge in [0.1, 0.15) is 5.75 Å². The summed E-state index contributed by atoms with van der Waals surface area (Å²) in [6.45, 7) is 5.53. The first-order valence-electron chi connectivity index (χ1n) is 12.7. The normalized spacial score (nSPS) is 11.5. The molecule has 0 saturated heterocycles. The number of unbranched alkanes of at least 4 members (excludes halogenated alkanes) is 7. The van der Waals surface area contributed by atoms with Gasteiger partial charge in [-0.1, -0.05) is 58.8 Å². The first-order valence-corrected chi connectivity index (χ1v) is 13.3. The predicted molar refractivity (Wildman–Crippen MR) is 149 cm³/mol. The predicted octanol–water partition coefficient (Wildman–Crippen LogP) is 6.55. The van der Waals surface area contributed by atoms with Crippen molar-refractivity contribution in [3.63, 3.8) is 0 Å². The summed E-state index contributed by atoms with van der Waals surface area (Å²) in [5.41, 5.74) is 2.42. The van der Waals surface area contributed by atoms with E-state index >= 15 is 0 Å². The summed E-state index contributed by atoms with van der Waals surface area (Å²) in [4.78, 5) is 25.2. The van der Waals surface area contributed by atoms with E-state index in [0.717, 1.165) is 18.7 Å². The van der Waals surface area contributed by atoms with Gasteiger partial charge < -0.3 is 20.7 Å². The summed E-state index contributed by atoms with van der Waals surface area (Å²) in [7, 11) is 1.53. The summed E-state index contributed by atoms with van der Waals surface area (Å²) in [6, 6.07) is 12.4. The zero-order valence-electron chi connectivity index (χ0n) is 21.4. The quantitative estimate of drug-likeness (QED) is 0.156. The molecule has 2 aromatic rings. The maximum Gasteiger partial charge on any atom is 0.255 e. The monoisotopic (exact) mass is 499 g/mol. The van der Waals surface area contributed by atoms with Crippen molar-refractivity contribution >= 4 is 35.8 Å². The zero-order chi connectivity index (χ0) is 25.5. The smallest absolute Gasteiger partial charge is 0.255 e. The third kappa shape index (κ3) is 10.6. The Balaban J connectivity index is 1.84. The largest absolute Gasteiger partial charge is 0.495 e. The molecule has 3 N–H and O–H groups in total. The Morgan fingerprint density at radius 3 is 2.14 bits per heavy atom. The lowest BCUT2D eigenvalue weighted by atomic mass is 10.1. The standard InChI is InChI=1S/C28H41N3O3S/c1-4-5-6-7-8-9-10-11-18-29-24-15-12-22(13-16-24)28(33)31-25-19-23(14-17-26(25)34-3)27(32)30-20-21(2)35/h12-17,19,21,29,35H,4-11,18,20H2,1-3H3,(H,30,32)(H,31,33). The maximum absolute atomic E-state index is 12.8. The SMILES string of the molecule is CCCCCCCCCCNc1ccc(C(=O)Nc2cc(C(=O)NCC(C)S)ccc2OC)cc1. The van der Waals surface area contributed by atoms with Gasteiger partial charge in [0.25, 0.3) is 11.8 Å². The molecule has 2 amide bonds. The van der Waals surface area contributed by atoms with E-state index in [1.165, 1.54) is 52.1 Å². The first-order chi connectivity index (χ1) is 16.9. The van der Waals surface area contributed by atoms with E-state index in [1.807, 2.05) is 19.1 Å². The molecule has 0 spiro atoms. The fourth-order valence-corrected chi connectivity index (χ4v) is 3.81. The van der Waals surface area contributed by atoms with Gasteiger partial charge in [-0.15, -0.1) is 0 Å². The number of hydrogen-bond donors (Lipinski definition) is 4. The van der Waals surface area contributed by atoms with Crippen molar-refractivity contribution in [2.45, 2.75) is 70.5 Å². The van der Waals surface area contributed by atoms with E-state index in [9.17, 15) is 9.59 Å². The molecule has 0 bridgehead atoms. The summed E-state index contributed by atoms with van der Waals surface area (Å²) in [5.74, 6) is -0.00320. The van der Waals surface area contributed by atoms with Crippen molar-refractivity contribution in [3.8, 4) is 5.75 Å². The average Bonchev–Trinajstić information content (AvgIpc) is 2.86. The maximum atomic E-state index is 12.8. The van der Waals surface area contributed by atoms with Crippen LogP contribution in [-0.2, 0) is 0 Å². The van der Waals surface area contributed by atoms with E-state index in [1.54, 1.807) is 30.3 Å². The van der Waals surface area contributed by atoms with Crippen molar-refractivity contribution in [3.05, 3.63) is 53.6 Å². The Hall–Kier alpha value is -2.67. The minimum absolute atomic E-state index is 0.0501. The van der Waals surface area contributed by atoms with Crippen molar-refractivity contribution in [1.29, 1.82) is 0 Å². The number of thiol groups is 1.